The van der Waals surface area contributed by atoms with Crippen LogP contribution in [0.4, 0.5) is 5.69 Å². The fraction of sp³-hybridized carbons (Fsp3) is 0.188. The lowest BCUT2D eigenvalue weighted by atomic mass is 10.1. The molecule has 0 bridgehead atoms. The van der Waals surface area contributed by atoms with Crippen LogP contribution in [-0.2, 0) is 9.53 Å². The lowest BCUT2D eigenvalue weighted by molar-refractivity contribution is -0.386. The van der Waals surface area contributed by atoms with Crippen LogP contribution in [0, 0.1) is 10.1 Å². The molecule has 114 valence electrons. The smallest absolute Gasteiger partial charge is 0.352 e. The Kier molecular flexibility index (Phi) is 5.08. The van der Waals surface area contributed by atoms with Crippen LogP contribution in [0.2, 0.25) is 0 Å². The Morgan fingerprint density at radius 2 is 1.77 bits per heavy atom. The lowest BCUT2D eigenvalue weighted by Gasteiger charge is -2.17. The molecule has 0 aliphatic heterocycles. The molecule has 0 aliphatic rings. The zero-order valence-electron chi connectivity index (χ0n) is 12.0. The van der Waals surface area contributed by atoms with Gasteiger partial charge in [-0.2, -0.15) is 0 Å². The Hall–Kier alpha value is -2.89. The van der Waals surface area contributed by atoms with Crippen molar-refractivity contribution in [3.05, 3.63) is 70.3 Å². The number of nitro benzene ring substituents is 1. The van der Waals surface area contributed by atoms with E-state index in [2.05, 4.69) is 0 Å². The average molecular weight is 301 g/mol. The number of esters is 1. The molecule has 0 spiro atoms. The van der Waals surface area contributed by atoms with Gasteiger partial charge in [-0.25, -0.2) is 4.79 Å². The first kappa shape index (κ1) is 15.5. The number of rotatable bonds is 6. The van der Waals surface area contributed by atoms with Crippen LogP contribution >= 0.6 is 0 Å². The van der Waals surface area contributed by atoms with Gasteiger partial charge in [0.15, 0.2) is 5.75 Å². The van der Waals surface area contributed by atoms with Gasteiger partial charge < -0.3 is 9.47 Å². The predicted molar refractivity (Wildman–Crippen MR) is 79.5 cm³/mol. The van der Waals surface area contributed by atoms with Gasteiger partial charge in [-0.05, 0) is 13.0 Å². The van der Waals surface area contributed by atoms with Crippen LogP contribution in [0.1, 0.15) is 18.6 Å². The Labute approximate surface area is 127 Å². The molecule has 0 aromatic heterocycles. The minimum Gasteiger partial charge on any atom is -0.467 e. The lowest BCUT2D eigenvalue weighted by Crippen LogP contribution is -2.21. The molecule has 0 radical (unpaired) electrons. The van der Waals surface area contributed by atoms with Gasteiger partial charge in [-0.1, -0.05) is 42.5 Å². The maximum Gasteiger partial charge on any atom is 0.352 e. The molecule has 6 nitrogen and oxygen atoms in total. The zero-order valence-corrected chi connectivity index (χ0v) is 12.0. The molecule has 0 saturated heterocycles. The van der Waals surface area contributed by atoms with Gasteiger partial charge in [0.05, 0.1) is 11.5 Å². The van der Waals surface area contributed by atoms with E-state index in [0.717, 1.165) is 0 Å². The summed E-state index contributed by atoms with van der Waals surface area (Å²) in [5.74, 6) is -0.568. The van der Waals surface area contributed by atoms with Gasteiger partial charge in [0.25, 0.3) is 0 Å². The van der Waals surface area contributed by atoms with E-state index in [1.165, 1.54) is 18.2 Å². The molecule has 2 aromatic rings. The van der Waals surface area contributed by atoms with Gasteiger partial charge >= 0.3 is 11.7 Å². The summed E-state index contributed by atoms with van der Waals surface area (Å²) in [4.78, 5) is 22.6. The summed E-state index contributed by atoms with van der Waals surface area (Å²) in [5.41, 5.74) is 0.367. The van der Waals surface area contributed by atoms with Crippen LogP contribution in [0.25, 0.3) is 0 Å². The standard InChI is InChI=1S/C16H15NO5/c1-2-21-16(18)15(12-8-4-3-5-9-12)22-14-11-7-6-10-13(14)17(19)20/h3-11,15H,2H2,1H3/t15-/m0/s1. The van der Waals surface area contributed by atoms with Gasteiger partial charge in [-0.15, -0.1) is 0 Å². The van der Waals surface area contributed by atoms with Crippen molar-refractivity contribution in [2.75, 3.05) is 6.61 Å². The molecule has 0 fully saturated rings. The van der Waals surface area contributed by atoms with E-state index in [1.807, 2.05) is 0 Å². The van der Waals surface area contributed by atoms with Crippen LogP contribution in [0.5, 0.6) is 5.75 Å². The summed E-state index contributed by atoms with van der Waals surface area (Å²) in [6, 6.07) is 14.6. The molecule has 0 heterocycles. The van der Waals surface area contributed by atoms with Crippen LogP contribution in [-0.4, -0.2) is 17.5 Å². The minimum atomic E-state index is -1.05. The Balaban J connectivity index is 2.35. The highest BCUT2D eigenvalue weighted by atomic mass is 16.6. The summed E-state index contributed by atoms with van der Waals surface area (Å²) in [7, 11) is 0. The summed E-state index contributed by atoms with van der Waals surface area (Å²) in [5, 5.41) is 11.0. The van der Waals surface area contributed by atoms with E-state index in [4.69, 9.17) is 9.47 Å². The number of carbonyl (C=O) groups is 1. The average Bonchev–Trinajstić information content (AvgIpc) is 2.53. The first-order valence-electron chi connectivity index (χ1n) is 6.75. The van der Waals surface area contributed by atoms with Crippen molar-refractivity contribution < 1.29 is 19.2 Å². The van der Waals surface area contributed by atoms with Crippen LogP contribution in [0.15, 0.2) is 54.6 Å². The molecule has 0 unspecified atom stereocenters. The maximum absolute atomic E-state index is 12.1. The topological polar surface area (TPSA) is 78.7 Å². The van der Waals surface area contributed by atoms with Crippen molar-refractivity contribution in [1.29, 1.82) is 0 Å². The number of nitrogens with zero attached hydrogens (tertiary/aromatic N) is 1. The molecule has 0 aliphatic carbocycles. The third-order valence-electron chi connectivity index (χ3n) is 2.91. The molecule has 2 rings (SSSR count). The van der Waals surface area contributed by atoms with E-state index in [-0.39, 0.29) is 18.0 Å². The van der Waals surface area contributed by atoms with Gasteiger partial charge in [-0.3, -0.25) is 10.1 Å². The van der Waals surface area contributed by atoms with E-state index >= 15 is 0 Å². The zero-order chi connectivity index (χ0) is 15.9. The third-order valence-corrected chi connectivity index (χ3v) is 2.91. The highest BCUT2D eigenvalue weighted by Gasteiger charge is 2.27. The third kappa shape index (κ3) is 3.60. The van der Waals surface area contributed by atoms with Crippen molar-refractivity contribution in [2.45, 2.75) is 13.0 Å². The molecular weight excluding hydrogens is 286 g/mol. The van der Waals surface area contributed by atoms with E-state index < -0.39 is 17.0 Å². The molecule has 6 heteroatoms. The minimum absolute atomic E-state index is 0.0226. The summed E-state index contributed by atoms with van der Waals surface area (Å²) >= 11 is 0. The van der Waals surface area contributed by atoms with E-state index in [0.29, 0.717) is 5.56 Å². The molecule has 0 amide bonds. The first-order valence-corrected chi connectivity index (χ1v) is 6.75. The number of nitro groups is 1. The second-order valence-corrected chi connectivity index (χ2v) is 4.39. The SMILES string of the molecule is CCOC(=O)[C@@H](Oc1ccccc1[N+](=O)[O-])c1ccccc1. The fourth-order valence-electron chi connectivity index (χ4n) is 1.93. The monoisotopic (exact) mass is 301 g/mol. The molecule has 1 atom stereocenters. The normalized spacial score (nSPS) is 11.5. The number of carbonyl (C=O) groups excluding carboxylic acids is 1. The molecular formula is C16H15NO5. The van der Waals surface area contributed by atoms with Crippen molar-refractivity contribution in [3.63, 3.8) is 0 Å². The number of hydrogen-bond acceptors (Lipinski definition) is 5. The second-order valence-electron chi connectivity index (χ2n) is 4.39. The van der Waals surface area contributed by atoms with Crippen molar-refractivity contribution in [2.24, 2.45) is 0 Å². The van der Waals surface area contributed by atoms with Crippen LogP contribution < -0.4 is 4.74 Å². The Morgan fingerprint density at radius 3 is 2.41 bits per heavy atom. The van der Waals surface area contributed by atoms with Crippen LogP contribution in [0.3, 0.4) is 0 Å². The predicted octanol–water partition coefficient (Wildman–Crippen LogP) is 3.28. The first-order chi connectivity index (χ1) is 10.6. The maximum atomic E-state index is 12.1. The fourth-order valence-corrected chi connectivity index (χ4v) is 1.93. The Morgan fingerprint density at radius 1 is 1.14 bits per heavy atom. The summed E-state index contributed by atoms with van der Waals surface area (Å²) in [6.07, 6.45) is -1.05. The molecule has 0 N–H and O–H groups in total. The largest absolute Gasteiger partial charge is 0.467 e. The quantitative estimate of drug-likeness (QED) is 0.465. The molecule has 0 saturated carbocycles. The highest BCUT2D eigenvalue weighted by molar-refractivity contribution is 5.77. The molecule has 2 aromatic carbocycles. The number of benzene rings is 2. The molecule has 22 heavy (non-hydrogen) atoms. The van der Waals surface area contributed by atoms with Gasteiger partial charge in [0.1, 0.15) is 0 Å². The number of ether oxygens (including phenoxy) is 2. The number of hydrogen-bond donors (Lipinski definition) is 0. The summed E-state index contributed by atoms with van der Waals surface area (Å²) < 4.78 is 10.6. The summed E-state index contributed by atoms with van der Waals surface area (Å²) in [6.45, 7) is 1.88. The highest BCUT2D eigenvalue weighted by Crippen LogP contribution is 2.31. The van der Waals surface area contributed by atoms with Crippen molar-refractivity contribution in [1.82, 2.24) is 0 Å². The van der Waals surface area contributed by atoms with Crippen molar-refractivity contribution in [3.8, 4) is 5.75 Å². The van der Waals surface area contributed by atoms with E-state index in [1.54, 1.807) is 43.3 Å². The Bertz CT molecular complexity index is 657. The van der Waals surface area contributed by atoms with Crippen molar-refractivity contribution >= 4 is 11.7 Å². The van der Waals surface area contributed by atoms with E-state index in [9.17, 15) is 14.9 Å². The van der Waals surface area contributed by atoms with Gasteiger partial charge in [0.2, 0.25) is 6.10 Å². The second kappa shape index (κ2) is 7.21. The van der Waals surface area contributed by atoms with Gasteiger partial charge in [0, 0.05) is 11.6 Å². The number of para-hydroxylation sites is 2.